The van der Waals surface area contributed by atoms with Gasteiger partial charge in [0.15, 0.2) is 0 Å². The summed E-state index contributed by atoms with van der Waals surface area (Å²) in [5.41, 5.74) is 2.20. The Labute approximate surface area is 106 Å². The third-order valence-electron chi connectivity index (χ3n) is 2.97. The Kier molecular flexibility index (Phi) is 3.63. The van der Waals surface area contributed by atoms with Crippen molar-refractivity contribution in [1.82, 2.24) is 0 Å². The number of nitrogens with zero attached hydrogens (tertiary/aromatic N) is 1. The minimum atomic E-state index is -0.279. The summed E-state index contributed by atoms with van der Waals surface area (Å²) < 4.78 is 4.75. The fourth-order valence-corrected chi connectivity index (χ4v) is 2.04. The van der Waals surface area contributed by atoms with Gasteiger partial charge in [-0.05, 0) is 37.1 Å². The molecular formula is C14H14N2O2. The van der Waals surface area contributed by atoms with E-state index in [1.165, 1.54) is 7.11 Å². The number of rotatable bonds is 3. The summed E-state index contributed by atoms with van der Waals surface area (Å²) in [7, 11) is 1.39. The summed E-state index contributed by atoms with van der Waals surface area (Å²) in [4.78, 5) is 11.5. The Morgan fingerprint density at radius 2 is 2.17 bits per heavy atom. The van der Waals surface area contributed by atoms with Crippen LogP contribution in [0.5, 0.6) is 0 Å². The molecule has 0 aliphatic heterocycles. The van der Waals surface area contributed by atoms with E-state index in [2.05, 4.69) is 11.4 Å². The van der Waals surface area contributed by atoms with Gasteiger partial charge in [-0.25, -0.2) is 4.79 Å². The molecule has 1 N–H and O–H groups in total. The number of nitriles is 1. The van der Waals surface area contributed by atoms with Crippen molar-refractivity contribution in [3.63, 3.8) is 0 Å². The Balaban J connectivity index is 2.07. The summed E-state index contributed by atoms with van der Waals surface area (Å²) in [6, 6.07) is 9.24. The van der Waals surface area contributed by atoms with E-state index in [1.807, 2.05) is 18.2 Å². The van der Waals surface area contributed by atoms with E-state index in [9.17, 15) is 4.79 Å². The zero-order valence-corrected chi connectivity index (χ0v) is 10.1. The van der Waals surface area contributed by atoms with Crippen molar-refractivity contribution < 1.29 is 9.53 Å². The van der Waals surface area contributed by atoms with Crippen molar-refractivity contribution in [2.24, 2.45) is 0 Å². The number of hydrogen-bond donors (Lipinski definition) is 1. The quantitative estimate of drug-likeness (QED) is 0.826. The fourth-order valence-electron chi connectivity index (χ4n) is 2.04. The first-order valence-electron chi connectivity index (χ1n) is 5.79. The summed E-state index contributed by atoms with van der Waals surface area (Å²) >= 11 is 0. The number of esters is 1. The van der Waals surface area contributed by atoms with Crippen LogP contribution in [0.25, 0.3) is 0 Å². The fraction of sp³-hybridized carbons (Fsp3) is 0.286. The molecule has 0 fully saturated rings. The lowest BCUT2D eigenvalue weighted by Gasteiger charge is -2.16. The molecule has 4 nitrogen and oxygen atoms in total. The van der Waals surface area contributed by atoms with Gasteiger partial charge in [-0.15, -0.1) is 0 Å². The van der Waals surface area contributed by atoms with Crippen LogP contribution in [0, 0.1) is 11.3 Å². The van der Waals surface area contributed by atoms with Crippen LogP contribution in [0.3, 0.4) is 0 Å². The number of carbonyl (C=O) groups excluding carboxylic acids is 1. The summed E-state index contributed by atoms with van der Waals surface area (Å²) in [5, 5.41) is 12.0. The van der Waals surface area contributed by atoms with Crippen LogP contribution >= 0.6 is 0 Å². The van der Waals surface area contributed by atoms with E-state index >= 15 is 0 Å². The molecule has 1 atom stereocenters. The summed E-state index contributed by atoms with van der Waals surface area (Å²) in [6.07, 6.45) is 3.66. The average molecular weight is 242 g/mol. The number of nitrogens with one attached hydrogen (secondary N) is 1. The molecule has 0 amide bonds. The van der Waals surface area contributed by atoms with Gasteiger partial charge < -0.3 is 10.1 Å². The maximum atomic E-state index is 11.5. The molecule has 1 aromatic rings. The van der Waals surface area contributed by atoms with Gasteiger partial charge in [0.1, 0.15) is 0 Å². The molecule has 0 saturated carbocycles. The molecule has 18 heavy (non-hydrogen) atoms. The molecule has 0 saturated heterocycles. The summed E-state index contributed by atoms with van der Waals surface area (Å²) in [6.45, 7) is 0. The molecule has 92 valence electrons. The van der Waals surface area contributed by atoms with Gasteiger partial charge >= 0.3 is 5.97 Å². The Hall–Kier alpha value is -2.28. The lowest BCUT2D eigenvalue weighted by molar-refractivity contribution is -0.136. The lowest BCUT2D eigenvalue weighted by atomic mass is 10.1. The molecule has 1 unspecified atom stereocenters. The van der Waals surface area contributed by atoms with E-state index < -0.39 is 0 Å². The third kappa shape index (κ3) is 2.51. The van der Waals surface area contributed by atoms with Crippen LogP contribution in [-0.4, -0.2) is 19.1 Å². The monoisotopic (exact) mass is 242 g/mol. The van der Waals surface area contributed by atoms with Gasteiger partial charge in [0.25, 0.3) is 0 Å². The highest BCUT2D eigenvalue weighted by Crippen LogP contribution is 2.24. The standard InChI is InChI=1S/C14H14N2O2/c1-18-14(17)12-3-2-4-13(12)16-11-7-5-10(9-15)6-8-11/h3,5-8,13,16H,2,4H2,1H3. The first-order chi connectivity index (χ1) is 8.74. The molecule has 0 radical (unpaired) electrons. The number of benzene rings is 1. The maximum absolute atomic E-state index is 11.5. The van der Waals surface area contributed by atoms with Gasteiger partial charge in [0.05, 0.1) is 30.4 Å². The van der Waals surface area contributed by atoms with E-state index in [4.69, 9.17) is 10.00 Å². The lowest BCUT2D eigenvalue weighted by Crippen LogP contribution is -2.24. The second-order valence-electron chi connectivity index (χ2n) is 4.11. The predicted octanol–water partition coefficient (Wildman–Crippen LogP) is 2.23. The zero-order chi connectivity index (χ0) is 13.0. The van der Waals surface area contributed by atoms with Crippen LogP contribution in [0.4, 0.5) is 5.69 Å². The number of allylic oxidation sites excluding steroid dienone is 1. The van der Waals surface area contributed by atoms with E-state index in [0.29, 0.717) is 11.1 Å². The minimum Gasteiger partial charge on any atom is -0.466 e. The third-order valence-corrected chi connectivity index (χ3v) is 2.97. The van der Waals surface area contributed by atoms with Crippen molar-refractivity contribution >= 4 is 11.7 Å². The Morgan fingerprint density at radius 1 is 1.44 bits per heavy atom. The molecule has 1 aromatic carbocycles. The maximum Gasteiger partial charge on any atom is 0.335 e. The predicted molar refractivity (Wildman–Crippen MR) is 67.9 cm³/mol. The normalized spacial score (nSPS) is 17.8. The highest BCUT2D eigenvalue weighted by atomic mass is 16.5. The van der Waals surface area contributed by atoms with Gasteiger partial charge in [-0.3, -0.25) is 0 Å². The first-order valence-corrected chi connectivity index (χ1v) is 5.79. The number of ether oxygens (including phenoxy) is 1. The van der Waals surface area contributed by atoms with Gasteiger partial charge in [0, 0.05) is 5.69 Å². The molecule has 0 bridgehead atoms. The number of anilines is 1. The highest BCUT2D eigenvalue weighted by molar-refractivity contribution is 5.91. The Morgan fingerprint density at radius 3 is 2.78 bits per heavy atom. The molecule has 0 aromatic heterocycles. The molecule has 1 aliphatic carbocycles. The van der Waals surface area contributed by atoms with E-state index in [0.717, 1.165) is 18.5 Å². The van der Waals surface area contributed by atoms with Crippen molar-refractivity contribution in [2.45, 2.75) is 18.9 Å². The average Bonchev–Trinajstić information content (AvgIpc) is 2.87. The first kappa shape index (κ1) is 12.2. The van der Waals surface area contributed by atoms with Gasteiger partial charge in [-0.2, -0.15) is 5.26 Å². The Bertz CT molecular complexity index is 512. The molecule has 0 spiro atoms. The van der Waals surface area contributed by atoms with Crippen LogP contribution < -0.4 is 5.32 Å². The number of methoxy groups -OCH3 is 1. The van der Waals surface area contributed by atoms with Gasteiger partial charge in [-0.1, -0.05) is 6.08 Å². The second-order valence-corrected chi connectivity index (χ2v) is 4.11. The molecule has 1 aliphatic rings. The molecular weight excluding hydrogens is 228 g/mol. The van der Waals surface area contributed by atoms with Crippen molar-refractivity contribution in [2.75, 3.05) is 12.4 Å². The second kappa shape index (κ2) is 5.37. The molecule has 0 heterocycles. The smallest absolute Gasteiger partial charge is 0.335 e. The minimum absolute atomic E-state index is 0.00890. The number of carbonyl (C=O) groups is 1. The van der Waals surface area contributed by atoms with E-state index in [1.54, 1.807) is 12.1 Å². The van der Waals surface area contributed by atoms with Gasteiger partial charge in [0.2, 0.25) is 0 Å². The van der Waals surface area contributed by atoms with Crippen molar-refractivity contribution in [1.29, 1.82) is 5.26 Å². The number of hydrogen-bond acceptors (Lipinski definition) is 4. The zero-order valence-electron chi connectivity index (χ0n) is 10.1. The van der Waals surface area contributed by atoms with Crippen molar-refractivity contribution in [3.8, 4) is 6.07 Å². The largest absolute Gasteiger partial charge is 0.466 e. The highest BCUT2D eigenvalue weighted by Gasteiger charge is 2.25. The summed E-state index contributed by atoms with van der Waals surface area (Å²) in [5.74, 6) is -0.279. The molecule has 2 rings (SSSR count). The van der Waals surface area contributed by atoms with Crippen LogP contribution in [0.1, 0.15) is 18.4 Å². The van der Waals surface area contributed by atoms with Crippen molar-refractivity contribution in [3.05, 3.63) is 41.5 Å². The van der Waals surface area contributed by atoms with Crippen LogP contribution in [0.2, 0.25) is 0 Å². The van der Waals surface area contributed by atoms with Crippen LogP contribution in [0.15, 0.2) is 35.9 Å². The van der Waals surface area contributed by atoms with Crippen LogP contribution in [-0.2, 0) is 9.53 Å². The molecule has 4 heteroatoms. The topological polar surface area (TPSA) is 62.1 Å². The van der Waals surface area contributed by atoms with E-state index in [-0.39, 0.29) is 12.0 Å². The SMILES string of the molecule is COC(=O)C1=CCCC1Nc1ccc(C#N)cc1.